The summed E-state index contributed by atoms with van der Waals surface area (Å²) in [5, 5.41) is 1.03. The summed E-state index contributed by atoms with van der Waals surface area (Å²) in [6.07, 6.45) is 1.56. The van der Waals surface area contributed by atoms with Crippen molar-refractivity contribution in [2.45, 2.75) is 6.54 Å². The highest BCUT2D eigenvalue weighted by molar-refractivity contribution is 7.80. The van der Waals surface area contributed by atoms with Crippen LogP contribution in [0.4, 0.5) is 4.39 Å². The number of rotatable bonds is 2. The minimum absolute atomic E-state index is 0.196. The third-order valence-electron chi connectivity index (χ3n) is 2.27. The van der Waals surface area contributed by atoms with Crippen molar-refractivity contribution in [3.63, 3.8) is 0 Å². The van der Waals surface area contributed by atoms with Gasteiger partial charge in [-0.25, -0.2) is 4.39 Å². The second-order valence-corrected chi connectivity index (χ2v) is 3.97. The van der Waals surface area contributed by atoms with Crippen LogP contribution in [0.1, 0.15) is 0 Å². The number of nitrogens with zero attached hydrogens (tertiary/aromatic N) is 1. The first-order valence-corrected chi connectivity index (χ1v) is 5.06. The Morgan fingerprint density at radius 3 is 2.88 bits per heavy atom. The van der Waals surface area contributed by atoms with Crippen molar-refractivity contribution in [3.8, 4) is 0 Å². The molecule has 0 fully saturated rings. The lowest BCUT2D eigenvalue weighted by Crippen LogP contribution is -2.26. The molecule has 16 heavy (non-hydrogen) atoms. The van der Waals surface area contributed by atoms with Crippen LogP contribution in [0.5, 0.6) is 0 Å². The van der Waals surface area contributed by atoms with E-state index >= 15 is 0 Å². The summed E-state index contributed by atoms with van der Waals surface area (Å²) in [5.74, 6) is -0.362. The maximum absolute atomic E-state index is 12.9. The fraction of sp³-hybridized carbons (Fsp3) is 0.0909. The first-order valence-electron chi connectivity index (χ1n) is 4.65. The van der Waals surface area contributed by atoms with Crippen molar-refractivity contribution >= 4 is 28.0 Å². The molecule has 0 spiro atoms. The molecule has 82 valence electrons. The van der Waals surface area contributed by atoms with Crippen LogP contribution in [0.2, 0.25) is 0 Å². The first kappa shape index (κ1) is 10.8. The van der Waals surface area contributed by atoms with E-state index in [9.17, 15) is 9.18 Å². The number of thiocarbonyl (C=S) groups is 1. The normalized spacial score (nSPS) is 10.6. The van der Waals surface area contributed by atoms with Crippen molar-refractivity contribution < 1.29 is 4.39 Å². The molecule has 1 heterocycles. The van der Waals surface area contributed by atoms with E-state index in [1.54, 1.807) is 12.3 Å². The van der Waals surface area contributed by atoms with E-state index in [1.807, 2.05) is 0 Å². The van der Waals surface area contributed by atoms with Gasteiger partial charge in [0.1, 0.15) is 5.82 Å². The number of nitrogens with two attached hydrogens (primary N) is 1. The van der Waals surface area contributed by atoms with Crippen molar-refractivity contribution in [1.29, 1.82) is 0 Å². The van der Waals surface area contributed by atoms with E-state index in [2.05, 4.69) is 0 Å². The molecule has 5 heteroatoms. The molecular formula is C11H9FN2OS. The Hall–Kier alpha value is -1.75. The average Bonchev–Trinajstić information content (AvgIpc) is 2.22. The number of aromatic nitrogens is 1. The maximum Gasteiger partial charge on any atom is 0.258 e. The van der Waals surface area contributed by atoms with Gasteiger partial charge in [-0.1, -0.05) is 12.2 Å². The van der Waals surface area contributed by atoms with Crippen LogP contribution in [0.15, 0.2) is 35.3 Å². The summed E-state index contributed by atoms with van der Waals surface area (Å²) in [4.78, 5) is 12.1. The van der Waals surface area contributed by atoms with Gasteiger partial charge in [0, 0.05) is 11.6 Å². The molecule has 0 aliphatic carbocycles. The highest BCUT2D eigenvalue weighted by atomic mass is 32.1. The minimum atomic E-state index is -0.362. The monoisotopic (exact) mass is 236 g/mol. The SMILES string of the molecule is NC(=S)Cn1ccc2cc(F)ccc2c1=O. The van der Waals surface area contributed by atoms with Gasteiger partial charge in [0.05, 0.1) is 11.5 Å². The molecule has 0 radical (unpaired) electrons. The number of fused-ring (bicyclic) bond motifs is 1. The molecule has 0 saturated heterocycles. The van der Waals surface area contributed by atoms with Gasteiger partial charge in [-0.2, -0.15) is 0 Å². The predicted octanol–water partition coefficient (Wildman–Crippen LogP) is 1.43. The Morgan fingerprint density at radius 1 is 1.44 bits per heavy atom. The van der Waals surface area contributed by atoms with E-state index in [0.29, 0.717) is 10.8 Å². The fourth-order valence-electron chi connectivity index (χ4n) is 1.55. The minimum Gasteiger partial charge on any atom is -0.392 e. The molecule has 0 saturated carbocycles. The number of pyridine rings is 1. The van der Waals surface area contributed by atoms with Crippen molar-refractivity contribution in [2.75, 3.05) is 0 Å². The number of benzene rings is 1. The summed E-state index contributed by atoms with van der Waals surface area (Å²) in [6, 6.07) is 5.71. The van der Waals surface area contributed by atoms with E-state index in [-0.39, 0.29) is 22.9 Å². The molecule has 0 unspecified atom stereocenters. The van der Waals surface area contributed by atoms with E-state index in [0.717, 1.165) is 0 Å². The summed E-state index contributed by atoms with van der Waals surface area (Å²) >= 11 is 4.74. The smallest absolute Gasteiger partial charge is 0.258 e. The third-order valence-corrected chi connectivity index (χ3v) is 2.39. The van der Waals surface area contributed by atoms with Crippen LogP contribution in [-0.2, 0) is 6.54 Å². The van der Waals surface area contributed by atoms with E-state index in [1.165, 1.54) is 22.8 Å². The predicted molar refractivity (Wildman–Crippen MR) is 65.0 cm³/mol. The lowest BCUT2D eigenvalue weighted by molar-refractivity contribution is 0.629. The standard InChI is InChI=1S/C11H9FN2OS/c12-8-1-2-9-7(5-8)3-4-14(11(9)15)6-10(13)16/h1-5H,6H2,(H2,13,16). The van der Waals surface area contributed by atoms with E-state index < -0.39 is 0 Å². The molecule has 0 amide bonds. The number of halogens is 1. The molecular weight excluding hydrogens is 227 g/mol. The second-order valence-electron chi connectivity index (χ2n) is 3.45. The molecule has 2 aromatic rings. The van der Waals surface area contributed by atoms with Gasteiger partial charge in [-0.15, -0.1) is 0 Å². The molecule has 0 aliphatic heterocycles. The number of hydrogen-bond acceptors (Lipinski definition) is 2. The van der Waals surface area contributed by atoms with Gasteiger partial charge in [0.25, 0.3) is 5.56 Å². The Kier molecular flexibility index (Phi) is 2.70. The molecule has 2 N–H and O–H groups in total. The zero-order valence-corrected chi connectivity index (χ0v) is 9.13. The molecule has 0 aliphatic rings. The third kappa shape index (κ3) is 1.94. The molecule has 2 rings (SSSR count). The van der Waals surface area contributed by atoms with Crippen LogP contribution < -0.4 is 11.3 Å². The summed E-state index contributed by atoms with van der Waals surface area (Å²) in [6.45, 7) is 0.196. The Bertz CT molecular complexity index is 621. The van der Waals surface area contributed by atoms with Crippen LogP contribution >= 0.6 is 12.2 Å². The maximum atomic E-state index is 12.9. The molecule has 0 atom stereocenters. The lowest BCUT2D eigenvalue weighted by Gasteiger charge is -2.05. The van der Waals surface area contributed by atoms with Crippen LogP contribution in [0.25, 0.3) is 10.8 Å². The van der Waals surface area contributed by atoms with Gasteiger partial charge in [-0.05, 0) is 29.7 Å². The summed E-state index contributed by atoms with van der Waals surface area (Å²) in [7, 11) is 0. The largest absolute Gasteiger partial charge is 0.392 e. The van der Waals surface area contributed by atoms with Crippen molar-refractivity contribution in [1.82, 2.24) is 4.57 Å². The van der Waals surface area contributed by atoms with Gasteiger partial charge < -0.3 is 10.3 Å². The van der Waals surface area contributed by atoms with E-state index in [4.69, 9.17) is 18.0 Å². The zero-order chi connectivity index (χ0) is 11.7. The van der Waals surface area contributed by atoms with Crippen LogP contribution in [-0.4, -0.2) is 9.56 Å². The molecule has 0 bridgehead atoms. The molecule has 1 aromatic carbocycles. The van der Waals surface area contributed by atoms with Crippen molar-refractivity contribution in [3.05, 3.63) is 46.6 Å². The van der Waals surface area contributed by atoms with Crippen LogP contribution in [0.3, 0.4) is 0 Å². The topological polar surface area (TPSA) is 48.0 Å². The Labute approximate surface area is 96.3 Å². The summed E-state index contributed by atoms with van der Waals surface area (Å²) in [5.41, 5.74) is 5.16. The summed E-state index contributed by atoms with van der Waals surface area (Å²) < 4.78 is 14.3. The van der Waals surface area contributed by atoms with Gasteiger partial charge in [0.15, 0.2) is 0 Å². The fourth-order valence-corrected chi connectivity index (χ4v) is 1.69. The van der Waals surface area contributed by atoms with Gasteiger partial charge in [-0.3, -0.25) is 4.79 Å². The molecule has 1 aromatic heterocycles. The number of hydrogen-bond donors (Lipinski definition) is 1. The van der Waals surface area contributed by atoms with Crippen molar-refractivity contribution in [2.24, 2.45) is 5.73 Å². The highest BCUT2D eigenvalue weighted by Crippen LogP contribution is 2.11. The second kappa shape index (κ2) is 4.02. The van der Waals surface area contributed by atoms with Gasteiger partial charge >= 0.3 is 0 Å². The molecule has 3 nitrogen and oxygen atoms in total. The first-order chi connectivity index (χ1) is 7.58. The van der Waals surface area contributed by atoms with Gasteiger partial charge in [0.2, 0.25) is 0 Å². The Balaban J connectivity index is 2.66. The zero-order valence-electron chi connectivity index (χ0n) is 8.31. The Morgan fingerprint density at radius 2 is 2.19 bits per heavy atom. The average molecular weight is 236 g/mol. The quantitative estimate of drug-likeness (QED) is 0.802. The lowest BCUT2D eigenvalue weighted by atomic mass is 10.2. The highest BCUT2D eigenvalue weighted by Gasteiger charge is 2.04. The van der Waals surface area contributed by atoms with Crippen LogP contribution in [0, 0.1) is 5.82 Å².